The topological polar surface area (TPSA) is 67.2 Å². The van der Waals surface area contributed by atoms with Crippen LogP contribution in [-0.4, -0.2) is 27.5 Å². The van der Waals surface area contributed by atoms with Crippen molar-refractivity contribution in [3.05, 3.63) is 21.0 Å². The van der Waals surface area contributed by atoms with E-state index in [-0.39, 0.29) is 23.6 Å². The Hall–Kier alpha value is -0.880. The van der Waals surface area contributed by atoms with Crippen LogP contribution in [0.1, 0.15) is 34.1 Å². The van der Waals surface area contributed by atoms with Crippen molar-refractivity contribution in [3.8, 4) is 0 Å². The van der Waals surface area contributed by atoms with Crippen LogP contribution in [0.25, 0.3) is 0 Å². The highest BCUT2D eigenvalue weighted by Gasteiger charge is 2.25. The van der Waals surface area contributed by atoms with Gasteiger partial charge in [0.15, 0.2) is 0 Å². The van der Waals surface area contributed by atoms with E-state index in [1.807, 2.05) is 6.92 Å². The first-order chi connectivity index (χ1) is 8.81. The lowest BCUT2D eigenvalue weighted by atomic mass is 9.85. The SMILES string of the molecule is CCn1ncc(NC(CCO)C(C)(C)C)c(Br)c1=O. The van der Waals surface area contributed by atoms with Crippen LogP contribution in [0.5, 0.6) is 0 Å². The van der Waals surface area contributed by atoms with Gasteiger partial charge in [0.05, 0.1) is 11.9 Å². The maximum absolute atomic E-state index is 12.0. The van der Waals surface area contributed by atoms with Gasteiger partial charge in [0.2, 0.25) is 0 Å². The van der Waals surface area contributed by atoms with Crippen molar-refractivity contribution in [2.24, 2.45) is 5.41 Å². The van der Waals surface area contributed by atoms with Gasteiger partial charge in [-0.1, -0.05) is 20.8 Å². The highest BCUT2D eigenvalue weighted by molar-refractivity contribution is 9.10. The third-order valence-corrected chi connectivity index (χ3v) is 3.84. The van der Waals surface area contributed by atoms with E-state index in [0.29, 0.717) is 23.1 Å². The third kappa shape index (κ3) is 4.04. The van der Waals surface area contributed by atoms with Crippen LogP contribution >= 0.6 is 15.9 Å². The van der Waals surface area contributed by atoms with Gasteiger partial charge in [-0.15, -0.1) is 0 Å². The number of hydrogen-bond acceptors (Lipinski definition) is 4. The van der Waals surface area contributed by atoms with Crippen LogP contribution in [-0.2, 0) is 6.54 Å². The Morgan fingerprint density at radius 1 is 1.53 bits per heavy atom. The Balaban J connectivity index is 3.04. The third-order valence-electron chi connectivity index (χ3n) is 3.08. The number of aliphatic hydroxyl groups excluding tert-OH is 1. The first kappa shape index (κ1) is 16.2. The summed E-state index contributed by atoms with van der Waals surface area (Å²) < 4.78 is 1.88. The quantitative estimate of drug-likeness (QED) is 0.868. The van der Waals surface area contributed by atoms with Gasteiger partial charge in [-0.05, 0) is 34.7 Å². The monoisotopic (exact) mass is 331 g/mol. The van der Waals surface area contributed by atoms with Crippen LogP contribution in [0.3, 0.4) is 0 Å². The maximum atomic E-state index is 12.0. The fourth-order valence-electron chi connectivity index (χ4n) is 1.83. The lowest BCUT2D eigenvalue weighted by Crippen LogP contribution is -2.36. The molecule has 0 fully saturated rings. The van der Waals surface area contributed by atoms with Crippen molar-refractivity contribution in [2.75, 3.05) is 11.9 Å². The van der Waals surface area contributed by atoms with Crippen molar-refractivity contribution >= 4 is 21.6 Å². The summed E-state index contributed by atoms with van der Waals surface area (Å²) in [4.78, 5) is 12.0. The minimum Gasteiger partial charge on any atom is -0.396 e. The number of halogens is 1. The molecule has 108 valence electrons. The van der Waals surface area contributed by atoms with E-state index in [9.17, 15) is 4.79 Å². The number of rotatable bonds is 5. The predicted octanol–water partition coefficient (Wildman–Crippen LogP) is 2.23. The van der Waals surface area contributed by atoms with E-state index in [0.717, 1.165) is 0 Å². The van der Waals surface area contributed by atoms with E-state index >= 15 is 0 Å². The molecule has 1 aromatic heterocycles. The molecular weight excluding hydrogens is 310 g/mol. The van der Waals surface area contributed by atoms with E-state index in [1.165, 1.54) is 4.68 Å². The molecule has 19 heavy (non-hydrogen) atoms. The summed E-state index contributed by atoms with van der Waals surface area (Å²) in [5.41, 5.74) is 0.495. The Kier molecular flexibility index (Phi) is 5.55. The molecule has 2 N–H and O–H groups in total. The van der Waals surface area contributed by atoms with Gasteiger partial charge in [-0.25, -0.2) is 4.68 Å². The molecule has 1 rings (SSSR count). The molecule has 0 aliphatic carbocycles. The normalized spacial score (nSPS) is 13.4. The number of aliphatic hydroxyl groups is 1. The zero-order valence-corrected chi connectivity index (χ0v) is 13.5. The summed E-state index contributed by atoms with van der Waals surface area (Å²) in [6, 6.07) is 0.0625. The van der Waals surface area contributed by atoms with Gasteiger partial charge < -0.3 is 10.4 Å². The fraction of sp³-hybridized carbons (Fsp3) is 0.692. The summed E-state index contributed by atoms with van der Waals surface area (Å²) in [7, 11) is 0. The van der Waals surface area contributed by atoms with Crippen LogP contribution in [0.4, 0.5) is 5.69 Å². The standard InChI is InChI=1S/C13H22BrN3O2/c1-5-17-12(19)11(14)9(8-15-17)16-10(6-7-18)13(2,3)4/h8,10,16,18H,5-7H2,1-4H3. The smallest absolute Gasteiger partial charge is 0.283 e. The summed E-state index contributed by atoms with van der Waals surface area (Å²) in [5.74, 6) is 0. The minimum absolute atomic E-state index is 0.0260. The lowest BCUT2D eigenvalue weighted by molar-refractivity contribution is 0.235. The Morgan fingerprint density at radius 3 is 2.63 bits per heavy atom. The van der Waals surface area contributed by atoms with E-state index in [4.69, 9.17) is 5.11 Å². The van der Waals surface area contributed by atoms with Gasteiger partial charge in [0, 0.05) is 19.2 Å². The van der Waals surface area contributed by atoms with E-state index in [2.05, 4.69) is 47.1 Å². The summed E-state index contributed by atoms with van der Waals surface area (Å²) in [6.45, 7) is 8.79. The number of aromatic nitrogens is 2. The highest BCUT2D eigenvalue weighted by Crippen LogP contribution is 2.27. The summed E-state index contributed by atoms with van der Waals surface area (Å²) >= 11 is 3.32. The molecule has 0 aliphatic rings. The van der Waals surface area contributed by atoms with Crippen molar-refractivity contribution < 1.29 is 5.11 Å². The summed E-state index contributed by atoms with van der Waals surface area (Å²) in [6.07, 6.45) is 2.26. The Bertz CT molecular complexity index is 480. The molecule has 6 heteroatoms. The molecule has 0 aromatic carbocycles. The van der Waals surface area contributed by atoms with E-state index < -0.39 is 0 Å². The molecule has 0 bridgehead atoms. The number of anilines is 1. The van der Waals surface area contributed by atoms with Crippen LogP contribution in [0.15, 0.2) is 15.5 Å². The first-order valence-electron chi connectivity index (χ1n) is 6.44. The number of nitrogens with one attached hydrogen (secondary N) is 1. The zero-order chi connectivity index (χ0) is 14.6. The number of aryl methyl sites for hydroxylation is 1. The molecule has 0 saturated carbocycles. The van der Waals surface area contributed by atoms with E-state index in [1.54, 1.807) is 6.20 Å². The molecular formula is C13H22BrN3O2. The van der Waals surface area contributed by atoms with Crippen LogP contribution in [0, 0.1) is 5.41 Å². The second-order valence-corrected chi connectivity index (χ2v) is 6.36. The van der Waals surface area contributed by atoms with Gasteiger partial charge >= 0.3 is 0 Å². The minimum atomic E-state index is -0.149. The molecule has 5 nitrogen and oxygen atoms in total. The van der Waals surface area contributed by atoms with Crippen molar-refractivity contribution in [1.29, 1.82) is 0 Å². The van der Waals surface area contributed by atoms with Crippen molar-refractivity contribution in [2.45, 2.75) is 46.7 Å². The maximum Gasteiger partial charge on any atom is 0.283 e. The second kappa shape index (κ2) is 6.52. The lowest BCUT2D eigenvalue weighted by Gasteiger charge is -2.32. The first-order valence-corrected chi connectivity index (χ1v) is 7.23. The van der Waals surface area contributed by atoms with Crippen LogP contribution in [0.2, 0.25) is 0 Å². The summed E-state index contributed by atoms with van der Waals surface area (Å²) in [5, 5.41) is 16.6. The van der Waals surface area contributed by atoms with Crippen molar-refractivity contribution in [3.63, 3.8) is 0 Å². The molecule has 0 amide bonds. The highest BCUT2D eigenvalue weighted by atomic mass is 79.9. The molecule has 1 heterocycles. The van der Waals surface area contributed by atoms with Crippen molar-refractivity contribution in [1.82, 2.24) is 9.78 Å². The van der Waals surface area contributed by atoms with Gasteiger partial charge in [-0.2, -0.15) is 5.10 Å². The fourth-order valence-corrected chi connectivity index (χ4v) is 2.25. The molecule has 1 aromatic rings. The van der Waals surface area contributed by atoms with Gasteiger partial charge in [0.25, 0.3) is 5.56 Å². The number of nitrogens with zero attached hydrogens (tertiary/aromatic N) is 2. The van der Waals surface area contributed by atoms with Gasteiger partial charge in [0.1, 0.15) is 4.47 Å². The molecule has 1 atom stereocenters. The average molecular weight is 332 g/mol. The Labute approximate surface area is 122 Å². The zero-order valence-electron chi connectivity index (χ0n) is 11.9. The molecule has 0 saturated heterocycles. The predicted molar refractivity (Wildman–Crippen MR) is 80.4 cm³/mol. The van der Waals surface area contributed by atoms with Crippen LogP contribution < -0.4 is 10.9 Å². The molecule has 0 radical (unpaired) electrons. The largest absolute Gasteiger partial charge is 0.396 e. The van der Waals surface area contributed by atoms with Gasteiger partial charge in [-0.3, -0.25) is 4.79 Å². The molecule has 0 spiro atoms. The second-order valence-electron chi connectivity index (χ2n) is 5.57. The molecule has 0 aliphatic heterocycles. The number of hydrogen-bond donors (Lipinski definition) is 2. The molecule has 1 unspecified atom stereocenters. The average Bonchev–Trinajstić information content (AvgIpc) is 2.33. The Morgan fingerprint density at radius 2 is 2.16 bits per heavy atom.